The van der Waals surface area contributed by atoms with E-state index in [0.29, 0.717) is 11.6 Å². The number of alkyl halides is 3. The highest BCUT2D eigenvalue weighted by molar-refractivity contribution is 5.83. The first kappa shape index (κ1) is 22.7. The summed E-state index contributed by atoms with van der Waals surface area (Å²) in [6.45, 7) is 5.73. The lowest BCUT2D eigenvalue weighted by Crippen LogP contribution is -2.35. The monoisotopic (exact) mass is 444 g/mol. The van der Waals surface area contributed by atoms with Crippen LogP contribution < -0.4 is 10.2 Å². The van der Waals surface area contributed by atoms with Gasteiger partial charge in [-0.15, -0.1) is 0 Å². The maximum atomic E-state index is 13.3. The summed E-state index contributed by atoms with van der Waals surface area (Å²) in [4.78, 5) is 14.9. The van der Waals surface area contributed by atoms with Crippen LogP contribution >= 0.6 is 0 Å². The van der Waals surface area contributed by atoms with E-state index >= 15 is 0 Å². The minimum absolute atomic E-state index is 0.110. The van der Waals surface area contributed by atoms with Gasteiger partial charge in [0.05, 0.1) is 11.5 Å². The molecule has 0 saturated carbocycles. The van der Waals surface area contributed by atoms with Crippen molar-refractivity contribution < 1.29 is 18.0 Å². The fourth-order valence-corrected chi connectivity index (χ4v) is 4.78. The van der Waals surface area contributed by atoms with Crippen LogP contribution in [0.1, 0.15) is 66.8 Å². The second kappa shape index (κ2) is 9.16. The van der Waals surface area contributed by atoms with Gasteiger partial charge >= 0.3 is 6.18 Å². The number of amides is 1. The van der Waals surface area contributed by atoms with Crippen molar-refractivity contribution >= 4 is 11.6 Å². The van der Waals surface area contributed by atoms with Crippen LogP contribution in [0.4, 0.5) is 18.9 Å². The number of hydrogen-bond donors (Lipinski definition) is 1. The van der Waals surface area contributed by atoms with Gasteiger partial charge in [-0.25, -0.2) is 0 Å². The Kier molecular flexibility index (Phi) is 6.50. The molecule has 2 aromatic carbocycles. The predicted octanol–water partition coefficient (Wildman–Crippen LogP) is 5.85. The van der Waals surface area contributed by atoms with E-state index in [1.54, 1.807) is 0 Å². The lowest BCUT2D eigenvalue weighted by molar-refractivity contribution is -0.137. The average molecular weight is 445 g/mol. The smallest absolute Gasteiger partial charge is 0.371 e. The van der Waals surface area contributed by atoms with Crippen molar-refractivity contribution in [1.82, 2.24) is 5.32 Å². The summed E-state index contributed by atoms with van der Waals surface area (Å²) in [6.07, 6.45) is 0.838. The molecule has 2 aromatic rings. The van der Waals surface area contributed by atoms with Gasteiger partial charge in [0.15, 0.2) is 0 Å². The molecule has 1 aliphatic carbocycles. The van der Waals surface area contributed by atoms with Gasteiger partial charge in [0.1, 0.15) is 0 Å². The number of hydrogen-bond acceptors (Lipinski definition) is 2. The number of carbonyl (C=O) groups excluding carboxylic acids is 1. The zero-order valence-electron chi connectivity index (χ0n) is 18.8. The Hall–Kier alpha value is -2.50. The highest BCUT2D eigenvalue weighted by atomic mass is 19.4. The standard InChI is InChI=1S/C26H31F3N2O/c1-17-10-12-31(13-11-17)24-15-23(26(27,28)29)9-8-22(24)16-30-25(32)18(2)20-7-6-19-4-3-5-21(19)14-20/h6-9,14-15,17-18H,3-5,10-13,16H2,1-2H3,(H,30,32). The van der Waals surface area contributed by atoms with Gasteiger partial charge in [0.25, 0.3) is 0 Å². The number of rotatable bonds is 5. The molecule has 0 radical (unpaired) electrons. The Labute approximate surface area is 188 Å². The minimum Gasteiger partial charge on any atom is -0.371 e. The van der Waals surface area contributed by atoms with Crippen molar-refractivity contribution in [3.63, 3.8) is 0 Å². The molecule has 32 heavy (non-hydrogen) atoms. The molecule has 1 unspecified atom stereocenters. The molecule has 0 bridgehead atoms. The zero-order chi connectivity index (χ0) is 22.9. The summed E-state index contributed by atoms with van der Waals surface area (Å²) in [5, 5.41) is 2.96. The minimum atomic E-state index is -4.39. The lowest BCUT2D eigenvalue weighted by Gasteiger charge is -2.34. The van der Waals surface area contributed by atoms with Crippen LogP contribution in [0.2, 0.25) is 0 Å². The Morgan fingerprint density at radius 2 is 1.81 bits per heavy atom. The van der Waals surface area contributed by atoms with Crippen molar-refractivity contribution in [3.05, 3.63) is 64.2 Å². The molecule has 3 nitrogen and oxygen atoms in total. The van der Waals surface area contributed by atoms with Gasteiger partial charge in [-0.2, -0.15) is 13.2 Å². The van der Waals surface area contributed by atoms with Crippen LogP contribution in [0.5, 0.6) is 0 Å². The second-order valence-corrected chi connectivity index (χ2v) is 9.33. The zero-order valence-corrected chi connectivity index (χ0v) is 18.8. The van der Waals surface area contributed by atoms with Gasteiger partial charge in [-0.1, -0.05) is 31.2 Å². The fraction of sp³-hybridized carbons (Fsp3) is 0.500. The van der Waals surface area contributed by atoms with E-state index in [9.17, 15) is 18.0 Å². The Balaban J connectivity index is 1.49. The summed E-state index contributed by atoms with van der Waals surface area (Å²) >= 11 is 0. The number of halogens is 3. The molecule has 0 spiro atoms. The van der Waals surface area contributed by atoms with Crippen LogP contribution in [-0.2, 0) is 30.4 Å². The molecule has 172 valence electrons. The number of anilines is 1. The maximum Gasteiger partial charge on any atom is 0.416 e. The summed E-state index contributed by atoms with van der Waals surface area (Å²) in [7, 11) is 0. The summed E-state index contributed by atoms with van der Waals surface area (Å²) in [5.41, 5.74) is 4.34. The average Bonchev–Trinajstić information content (AvgIpc) is 3.24. The van der Waals surface area contributed by atoms with E-state index in [2.05, 4.69) is 24.4 Å². The van der Waals surface area contributed by atoms with Crippen molar-refractivity contribution in [2.75, 3.05) is 18.0 Å². The highest BCUT2D eigenvalue weighted by Crippen LogP contribution is 2.35. The van der Waals surface area contributed by atoms with E-state index in [1.807, 2.05) is 17.9 Å². The third-order valence-corrected chi connectivity index (χ3v) is 7.01. The molecule has 0 aromatic heterocycles. The van der Waals surface area contributed by atoms with Crippen molar-refractivity contribution in [3.8, 4) is 0 Å². The van der Waals surface area contributed by atoms with E-state index in [1.165, 1.54) is 23.3 Å². The largest absolute Gasteiger partial charge is 0.416 e. The normalized spacial score (nSPS) is 17.8. The molecule has 2 aliphatic rings. The summed E-state index contributed by atoms with van der Waals surface area (Å²) in [5.74, 6) is 0.157. The molecule has 6 heteroatoms. The number of fused-ring (bicyclic) bond motifs is 1. The number of piperidine rings is 1. The quantitative estimate of drug-likeness (QED) is 0.627. The summed E-state index contributed by atoms with van der Waals surface area (Å²) < 4.78 is 40.0. The first-order valence-electron chi connectivity index (χ1n) is 11.6. The van der Waals surface area contributed by atoms with Gasteiger partial charge in [-0.3, -0.25) is 4.79 Å². The highest BCUT2D eigenvalue weighted by Gasteiger charge is 2.32. The van der Waals surface area contributed by atoms with E-state index in [-0.39, 0.29) is 18.4 Å². The third kappa shape index (κ3) is 4.94. The van der Waals surface area contributed by atoms with Crippen molar-refractivity contribution in [2.45, 2.75) is 64.6 Å². The number of nitrogens with zero attached hydrogens (tertiary/aromatic N) is 1. The molecule has 1 atom stereocenters. The van der Waals surface area contributed by atoms with Gasteiger partial charge < -0.3 is 10.2 Å². The Morgan fingerprint density at radius 1 is 1.09 bits per heavy atom. The molecular formula is C26H31F3N2O. The fourth-order valence-electron chi connectivity index (χ4n) is 4.78. The Bertz CT molecular complexity index is 978. The molecule has 1 saturated heterocycles. The topological polar surface area (TPSA) is 32.3 Å². The molecule has 1 aliphatic heterocycles. The van der Waals surface area contributed by atoms with Gasteiger partial charge in [0, 0.05) is 25.3 Å². The Morgan fingerprint density at radius 3 is 2.53 bits per heavy atom. The van der Waals surface area contributed by atoms with E-state index < -0.39 is 11.7 Å². The van der Waals surface area contributed by atoms with Crippen LogP contribution in [0, 0.1) is 5.92 Å². The first-order valence-corrected chi connectivity index (χ1v) is 11.6. The molecular weight excluding hydrogens is 413 g/mol. The van der Waals surface area contributed by atoms with Crippen molar-refractivity contribution in [1.29, 1.82) is 0 Å². The van der Waals surface area contributed by atoms with Crippen LogP contribution in [0.15, 0.2) is 36.4 Å². The van der Waals surface area contributed by atoms with Crippen LogP contribution in [-0.4, -0.2) is 19.0 Å². The number of carbonyl (C=O) groups is 1. The van der Waals surface area contributed by atoms with Crippen molar-refractivity contribution in [2.24, 2.45) is 5.92 Å². The molecule has 1 heterocycles. The number of aryl methyl sites for hydroxylation is 2. The number of nitrogens with one attached hydrogen (secondary N) is 1. The molecule has 1 N–H and O–H groups in total. The van der Waals surface area contributed by atoms with E-state index in [4.69, 9.17) is 0 Å². The second-order valence-electron chi connectivity index (χ2n) is 9.33. The van der Waals surface area contributed by atoms with Gasteiger partial charge in [-0.05, 0) is 79.3 Å². The van der Waals surface area contributed by atoms with Gasteiger partial charge in [0.2, 0.25) is 5.91 Å². The third-order valence-electron chi connectivity index (χ3n) is 7.01. The van der Waals surface area contributed by atoms with Crippen LogP contribution in [0.3, 0.4) is 0 Å². The van der Waals surface area contributed by atoms with Crippen LogP contribution in [0.25, 0.3) is 0 Å². The maximum absolute atomic E-state index is 13.3. The first-order chi connectivity index (χ1) is 15.2. The molecule has 1 amide bonds. The predicted molar refractivity (Wildman–Crippen MR) is 121 cm³/mol. The SMILES string of the molecule is CC1CCN(c2cc(C(F)(F)F)ccc2CNC(=O)C(C)c2ccc3c(c2)CCC3)CC1. The van der Waals surface area contributed by atoms with E-state index in [0.717, 1.165) is 62.4 Å². The molecule has 4 rings (SSSR count). The summed E-state index contributed by atoms with van der Waals surface area (Å²) in [6, 6.07) is 10.1. The lowest BCUT2D eigenvalue weighted by atomic mass is 9.96. The number of benzene rings is 2. The molecule has 1 fully saturated rings.